The highest BCUT2D eigenvalue weighted by atomic mass is 16.5. The van der Waals surface area contributed by atoms with Crippen molar-refractivity contribution in [2.75, 3.05) is 0 Å². The van der Waals surface area contributed by atoms with E-state index in [4.69, 9.17) is 4.74 Å². The highest BCUT2D eigenvalue weighted by Crippen LogP contribution is 2.09. The number of carboxylic acid groups (broad SMARTS) is 1. The van der Waals surface area contributed by atoms with Gasteiger partial charge in [-0.15, -0.1) is 0 Å². The van der Waals surface area contributed by atoms with Gasteiger partial charge in [0.25, 0.3) is 0 Å². The molecule has 3 nitrogen and oxygen atoms in total. The van der Waals surface area contributed by atoms with E-state index in [0.717, 1.165) is 0 Å². The Bertz CT molecular complexity index is 256. The number of rotatable bonds is 3. The van der Waals surface area contributed by atoms with Gasteiger partial charge in [-0.2, -0.15) is 0 Å². The topological polar surface area (TPSA) is 49.4 Å². The van der Waals surface area contributed by atoms with Gasteiger partial charge in [0.15, 0.2) is 0 Å². The first kappa shape index (κ1) is 8.59. The number of benzene rings is 1. The van der Waals surface area contributed by atoms with E-state index >= 15 is 0 Å². The maximum atomic E-state index is 10.3. The third kappa shape index (κ3) is 2.27. The van der Waals surface area contributed by atoms with Gasteiger partial charge in [-0.25, -0.2) is 0 Å². The quantitative estimate of drug-likeness (QED) is 0.643. The third-order valence-corrected chi connectivity index (χ3v) is 1.39. The van der Waals surface area contributed by atoms with Crippen LogP contribution in [0.5, 0.6) is 5.75 Å². The Hall–Kier alpha value is -1.51. The number of hydrogen-bond acceptors (Lipinski definition) is 3. The van der Waals surface area contributed by atoms with E-state index in [1.165, 1.54) is 6.92 Å². The molecule has 0 aliphatic heterocycles. The third-order valence-electron chi connectivity index (χ3n) is 1.39. The van der Waals surface area contributed by atoms with Crippen molar-refractivity contribution in [1.29, 1.82) is 0 Å². The summed E-state index contributed by atoms with van der Waals surface area (Å²) in [6.45, 7) is 1.43. The molecule has 0 saturated heterocycles. The summed E-state index contributed by atoms with van der Waals surface area (Å²) in [5.74, 6) is -0.673. The number of para-hydroxylation sites is 1. The first-order valence-corrected chi connectivity index (χ1v) is 3.62. The number of carbonyl (C=O) groups excluding carboxylic acids is 1. The van der Waals surface area contributed by atoms with Gasteiger partial charge in [-0.05, 0) is 19.1 Å². The van der Waals surface area contributed by atoms with Crippen LogP contribution in [-0.4, -0.2) is 12.1 Å². The summed E-state index contributed by atoms with van der Waals surface area (Å²) in [5.41, 5.74) is 0. The van der Waals surface area contributed by atoms with E-state index in [1.807, 2.05) is 6.07 Å². The van der Waals surface area contributed by atoms with Gasteiger partial charge in [-0.3, -0.25) is 0 Å². The van der Waals surface area contributed by atoms with E-state index in [9.17, 15) is 9.90 Å². The molecule has 0 heterocycles. The number of hydrogen-bond donors (Lipinski definition) is 0. The van der Waals surface area contributed by atoms with E-state index in [2.05, 4.69) is 0 Å². The number of ether oxygens (including phenoxy) is 1. The predicted octanol–water partition coefficient (Wildman–Crippen LogP) is 0.204. The van der Waals surface area contributed by atoms with Crippen molar-refractivity contribution in [2.24, 2.45) is 0 Å². The second kappa shape index (κ2) is 3.76. The molecule has 0 radical (unpaired) electrons. The first-order chi connectivity index (χ1) is 5.70. The summed E-state index contributed by atoms with van der Waals surface area (Å²) in [6, 6.07) is 8.77. The Morgan fingerprint density at radius 2 is 2.00 bits per heavy atom. The molecule has 1 atom stereocenters. The molecule has 0 aliphatic carbocycles. The summed E-state index contributed by atoms with van der Waals surface area (Å²) >= 11 is 0. The van der Waals surface area contributed by atoms with Crippen molar-refractivity contribution in [3.63, 3.8) is 0 Å². The van der Waals surface area contributed by atoms with Gasteiger partial charge in [-0.1, -0.05) is 18.2 Å². The molecule has 0 N–H and O–H groups in total. The van der Waals surface area contributed by atoms with E-state index < -0.39 is 12.1 Å². The molecule has 0 spiro atoms. The molecule has 0 amide bonds. The average molecular weight is 165 g/mol. The molecule has 0 aliphatic rings. The Balaban J connectivity index is 2.58. The highest BCUT2D eigenvalue weighted by Gasteiger charge is 2.02. The molecule has 0 saturated carbocycles. The average Bonchev–Trinajstić information content (AvgIpc) is 2.06. The maximum absolute atomic E-state index is 10.3. The molecule has 0 unspecified atom stereocenters. The van der Waals surface area contributed by atoms with Crippen LogP contribution in [0, 0.1) is 0 Å². The lowest BCUT2D eigenvalue weighted by atomic mass is 10.3. The van der Waals surface area contributed by atoms with Gasteiger partial charge in [0, 0.05) is 0 Å². The molecule has 1 aromatic rings. The Morgan fingerprint density at radius 3 is 2.50 bits per heavy atom. The molecule has 12 heavy (non-hydrogen) atoms. The number of carboxylic acids is 1. The first-order valence-electron chi connectivity index (χ1n) is 3.62. The van der Waals surface area contributed by atoms with E-state index in [-0.39, 0.29) is 0 Å². The summed E-state index contributed by atoms with van der Waals surface area (Å²) in [5, 5.41) is 10.3. The summed E-state index contributed by atoms with van der Waals surface area (Å²) in [7, 11) is 0. The van der Waals surface area contributed by atoms with Crippen LogP contribution in [0.3, 0.4) is 0 Å². The zero-order valence-corrected chi connectivity index (χ0v) is 6.69. The van der Waals surface area contributed by atoms with Crippen LogP contribution in [-0.2, 0) is 4.79 Å². The Kier molecular flexibility index (Phi) is 2.69. The lowest BCUT2D eigenvalue weighted by Crippen LogP contribution is -2.37. The van der Waals surface area contributed by atoms with E-state index in [0.29, 0.717) is 5.75 Å². The number of aliphatic carboxylic acids is 1. The molecule has 64 valence electrons. The van der Waals surface area contributed by atoms with Gasteiger partial charge >= 0.3 is 0 Å². The second-order valence-electron chi connectivity index (χ2n) is 2.39. The molecule has 0 bridgehead atoms. The van der Waals surface area contributed by atoms with Gasteiger partial charge in [0.1, 0.15) is 11.9 Å². The molecule has 0 aromatic heterocycles. The van der Waals surface area contributed by atoms with Crippen LogP contribution in [0.1, 0.15) is 6.92 Å². The lowest BCUT2D eigenvalue weighted by Gasteiger charge is -2.14. The van der Waals surface area contributed by atoms with Gasteiger partial charge in [0.2, 0.25) is 0 Å². The molecular weight excluding hydrogens is 156 g/mol. The summed E-state index contributed by atoms with van der Waals surface area (Å²) in [4.78, 5) is 10.3. The van der Waals surface area contributed by atoms with Crippen molar-refractivity contribution in [3.05, 3.63) is 30.3 Å². The minimum Gasteiger partial charge on any atom is -0.546 e. The standard InChI is InChI=1S/C9H10O3/c1-7(9(10)11)12-8-5-3-2-4-6-8/h2-7H,1H3,(H,10,11)/p-1/t7-/m1/s1. The summed E-state index contributed by atoms with van der Waals surface area (Å²) < 4.78 is 5.01. The second-order valence-corrected chi connectivity index (χ2v) is 2.39. The van der Waals surface area contributed by atoms with Crippen LogP contribution >= 0.6 is 0 Å². The zero-order chi connectivity index (χ0) is 8.97. The van der Waals surface area contributed by atoms with E-state index in [1.54, 1.807) is 24.3 Å². The normalized spacial score (nSPS) is 12.1. The molecule has 3 heteroatoms. The molecular formula is C9H9O3-. The molecule has 1 aromatic carbocycles. The SMILES string of the molecule is C[C@@H](Oc1ccccc1)C(=O)[O-]. The smallest absolute Gasteiger partial charge is 0.135 e. The Morgan fingerprint density at radius 1 is 1.42 bits per heavy atom. The maximum Gasteiger partial charge on any atom is 0.135 e. The van der Waals surface area contributed by atoms with Crippen molar-refractivity contribution in [2.45, 2.75) is 13.0 Å². The van der Waals surface area contributed by atoms with Crippen LogP contribution in [0.15, 0.2) is 30.3 Å². The van der Waals surface area contributed by atoms with Gasteiger partial charge in [0.05, 0.1) is 5.97 Å². The fourth-order valence-corrected chi connectivity index (χ4v) is 0.751. The van der Waals surface area contributed by atoms with Crippen molar-refractivity contribution in [1.82, 2.24) is 0 Å². The van der Waals surface area contributed by atoms with Crippen molar-refractivity contribution in [3.8, 4) is 5.75 Å². The largest absolute Gasteiger partial charge is 0.546 e. The lowest BCUT2D eigenvalue weighted by molar-refractivity contribution is -0.312. The monoisotopic (exact) mass is 165 g/mol. The minimum atomic E-state index is -1.21. The Labute approximate surface area is 70.6 Å². The van der Waals surface area contributed by atoms with Crippen molar-refractivity contribution >= 4 is 5.97 Å². The zero-order valence-electron chi connectivity index (χ0n) is 6.69. The fraction of sp³-hybridized carbons (Fsp3) is 0.222. The van der Waals surface area contributed by atoms with Crippen LogP contribution in [0.25, 0.3) is 0 Å². The highest BCUT2D eigenvalue weighted by molar-refractivity contribution is 5.69. The van der Waals surface area contributed by atoms with Crippen LogP contribution in [0.2, 0.25) is 0 Å². The predicted molar refractivity (Wildman–Crippen MR) is 41.5 cm³/mol. The van der Waals surface area contributed by atoms with Crippen LogP contribution < -0.4 is 9.84 Å². The molecule has 1 rings (SSSR count). The molecule has 0 fully saturated rings. The summed E-state index contributed by atoms with van der Waals surface area (Å²) in [6.07, 6.45) is -0.910. The van der Waals surface area contributed by atoms with Crippen molar-refractivity contribution < 1.29 is 14.6 Å². The minimum absolute atomic E-state index is 0.536. The fourth-order valence-electron chi connectivity index (χ4n) is 0.751. The van der Waals surface area contributed by atoms with Gasteiger partial charge < -0.3 is 14.6 Å². The van der Waals surface area contributed by atoms with Crippen LogP contribution in [0.4, 0.5) is 0 Å². The number of carbonyl (C=O) groups is 1.